The van der Waals surface area contributed by atoms with Gasteiger partial charge in [-0.1, -0.05) is 67.4 Å². The number of methoxy groups -OCH3 is 2. The first-order valence-corrected chi connectivity index (χ1v) is 12.4. The third kappa shape index (κ3) is 5.38. The second-order valence-electron chi connectivity index (χ2n) is 9.33. The lowest BCUT2D eigenvalue weighted by molar-refractivity contribution is -0.145. The summed E-state index contributed by atoms with van der Waals surface area (Å²) in [6, 6.07) is 23.0. The molecule has 1 aliphatic carbocycles. The summed E-state index contributed by atoms with van der Waals surface area (Å²) >= 11 is 0. The zero-order valence-electron chi connectivity index (χ0n) is 21.3. The molecule has 1 N–H and O–H groups in total. The highest BCUT2D eigenvalue weighted by atomic mass is 16.5. The van der Waals surface area contributed by atoms with Crippen LogP contribution in [-0.2, 0) is 22.6 Å². The highest BCUT2D eigenvalue weighted by Gasteiger charge is 2.48. The lowest BCUT2D eigenvalue weighted by Gasteiger charge is -2.40. The minimum Gasteiger partial charge on any atom is -0.497 e. The van der Waals surface area contributed by atoms with Crippen LogP contribution in [0.3, 0.4) is 0 Å². The van der Waals surface area contributed by atoms with Gasteiger partial charge in [0.1, 0.15) is 17.0 Å². The number of nitrogens with one attached hydrogen (secondary N) is 1. The second-order valence-corrected chi connectivity index (χ2v) is 9.33. The molecule has 36 heavy (non-hydrogen) atoms. The van der Waals surface area contributed by atoms with E-state index in [1.54, 1.807) is 32.4 Å². The summed E-state index contributed by atoms with van der Waals surface area (Å²) in [4.78, 5) is 29.7. The van der Waals surface area contributed by atoms with Crippen molar-refractivity contribution < 1.29 is 19.1 Å². The van der Waals surface area contributed by atoms with Gasteiger partial charge in [0, 0.05) is 12.6 Å². The van der Waals surface area contributed by atoms with Gasteiger partial charge in [0.05, 0.1) is 26.3 Å². The number of benzene rings is 3. The highest BCUT2D eigenvalue weighted by molar-refractivity contribution is 6.02. The predicted octanol–water partition coefficient (Wildman–Crippen LogP) is 5.54. The van der Waals surface area contributed by atoms with Gasteiger partial charge in [-0.3, -0.25) is 9.59 Å². The predicted molar refractivity (Wildman–Crippen MR) is 141 cm³/mol. The third-order valence-corrected chi connectivity index (χ3v) is 7.12. The summed E-state index contributed by atoms with van der Waals surface area (Å²) in [5.74, 6) is 0.915. The molecule has 0 aliphatic heterocycles. The van der Waals surface area contributed by atoms with Crippen molar-refractivity contribution in [1.82, 2.24) is 4.90 Å². The summed E-state index contributed by atoms with van der Waals surface area (Å²) in [7, 11) is 3.14. The van der Waals surface area contributed by atoms with Crippen molar-refractivity contribution in [2.75, 3.05) is 19.5 Å². The fourth-order valence-corrected chi connectivity index (χ4v) is 5.02. The van der Waals surface area contributed by atoms with Crippen LogP contribution in [0.5, 0.6) is 11.5 Å². The van der Waals surface area contributed by atoms with Gasteiger partial charge < -0.3 is 19.7 Å². The molecule has 4 rings (SSSR count). The van der Waals surface area contributed by atoms with E-state index in [1.165, 1.54) is 0 Å². The molecular weight excluding hydrogens is 452 g/mol. The molecule has 2 amide bonds. The Bertz CT molecular complexity index is 1200. The summed E-state index contributed by atoms with van der Waals surface area (Å²) < 4.78 is 10.8. The molecule has 1 saturated carbocycles. The van der Waals surface area contributed by atoms with Crippen molar-refractivity contribution in [2.45, 2.75) is 51.1 Å². The molecule has 0 spiro atoms. The van der Waals surface area contributed by atoms with Gasteiger partial charge in [-0.05, 0) is 48.6 Å². The minimum absolute atomic E-state index is 0.0526. The van der Waals surface area contributed by atoms with Gasteiger partial charge >= 0.3 is 0 Å². The van der Waals surface area contributed by atoms with Crippen LogP contribution in [-0.4, -0.2) is 36.5 Å². The molecule has 0 saturated heterocycles. The fraction of sp³-hybridized carbons (Fsp3) is 0.333. The van der Waals surface area contributed by atoms with Crippen molar-refractivity contribution in [3.05, 3.63) is 89.5 Å². The first kappa shape index (κ1) is 25.3. The first-order valence-electron chi connectivity index (χ1n) is 12.4. The average Bonchev–Trinajstić information content (AvgIpc) is 3.40. The van der Waals surface area contributed by atoms with E-state index in [0.29, 0.717) is 36.6 Å². The lowest BCUT2D eigenvalue weighted by Crippen LogP contribution is -2.57. The van der Waals surface area contributed by atoms with Crippen LogP contribution in [0, 0.1) is 6.92 Å². The third-order valence-electron chi connectivity index (χ3n) is 7.12. The summed E-state index contributed by atoms with van der Waals surface area (Å²) in [5.41, 5.74) is 2.68. The normalized spacial score (nSPS) is 14.2. The number of hydrogen-bond acceptors (Lipinski definition) is 4. The van der Waals surface area contributed by atoms with E-state index in [-0.39, 0.29) is 18.2 Å². The van der Waals surface area contributed by atoms with E-state index >= 15 is 0 Å². The smallest absolute Gasteiger partial charge is 0.250 e. The van der Waals surface area contributed by atoms with Gasteiger partial charge in [-0.25, -0.2) is 0 Å². The van der Waals surface area contributed by atoms with Gasteiger partial charge in [0.25, 0.3) is 0 Å². The molecule has 0 unspecified atom stereocenters. The van der Waals surface area contributed by atoms with Crippen molar-refractivity contribution in [3.63, 3.8) is 0 Å². The van der Waals surface area contributed by atoms with E-state index in [2.05, 4.69) is 5.32 Å². The standard InChI is InChI=1S/C30H34N2O4/c1-22-11-7-8-14-24(22)21-32(28(33)19-23-12-5-4-6-13-23)30(17-9-10-18-30)29(34)31-26-16-15-25(35-2)20-27(26)36-3/h4-8,11-16,20H,9-10,17-19,21H2,1-3H3,(H,31,34). The van der Waals surface area contributed by atoms with Gasteiger partial charge in [0.2, 0.25) is 11.8 Å². The zero-order chi connectivity index (χ0) is 25.5. The number of ether oxygens (including phenoxy) is 2. The van der Waals surface area contributed by atoms with E-state index in [0.717, 1.165) is 29.5 Å². The Morgan fingerprint density at radius 3 is 2.28 bits per heavy atom. The Balaban J connectivity index is 1.70. The monoisotopic (exact) mass is 486 g/mol. The maximum Gasteiger partial charge on any atom is 0.250 e. The van der Waals surface area contributed by atoms with Gasteiger partial charge in [-0.15, -0.1) is 0 Å². The molecule has 188 valence electrons. The average molecular weight is 487 g/mol. The Labute approximate surface area is 213 Å². The van der Waals surface area contributed by atoms with E-state index in [1.807, 2.05) is 66.4 Å². The number of carbonyl (C=O) groups is 2. The van der Waals surface area contributed by atoms with Crippen molar-refractivity contribution in [1.29, 1.82) is 0 Å². The Morgan fingerprint density at radius 1 is 0.917 bits per heavy atom. The molecule has 3 aromatic rings. The molecule has 0 heterocycles. The molecule has 6 heteroatoms. The van der Waals surface area contributed by atoms with E-state index < -0.39 is 5.54 Å². The van der Waals surface area contributed by atoms with Crippen molar-refractivity contribution in [2.24, 2.45) is 0 Å². The van der Waals surface area contributed by atoms with Crippen LogP contribution in [0.25, 0.3) is 0 Å². The summed E-state index contributed by atoms with van der Waals surface area (Å²) in [6.45, 7) is 2.42. The number of nitrogens with zero attached hydrogens (tertiary/aromatic N) is 1. The number of anilines is 1. The number of amides is 2. The molecule has 1 aliphatic rings. The van der Waals surface area contributed by atoms with Crippen LogP contribution in [0.15, 0.2) is 72.8 Å². The van der Waals surface area contributed by atoms with E-state index in [9.17, 15) is 9.59 Å². The van der Waals surface area contributed by atoms with Crippen molar-refractivity contribution in [3.8, 4) is 11.5 Å². The molecule has 3 aromatic carbocycles. The Hall–Kier alpha value is -3.80. The molecule has 0 atom stereocenters. The van der Waals surface area contributed by atoms with Crippen LogP contribution in [0.2, 0.25) is 0 Å². The topological polar surface area (TPSA) is 67.9 Å². The fourth-order valence-electron chi connectivity index (χ4n) is 5.02. The number of aryl methyl sites for hydroxylation is 1. The summed E-state index contributed by atoms with van der Waals surface area (Å²) in [6.07, 6.45) is 3.24. The summed E-state index contributed by atoms with van der Waals surface area (Å²) in [5, 5.41) is 3.08. The number of carbonyl (C=O) groups excluding carboxylic acids is 2. The maximum absolute atomic E-state index is 14.0. The van der Waals surface area contributed by atoms with Gasteiger partial charge in [-0.2, -0.15) is 0 Å². The first-order chi connectivity index (χ1) is 17.5. The molecule has 6 nitrogen and oxygen atoms in total. The number of hydrogen-bond donors (Lipinski definition) is 1. The van der Waals surface area contributed by atoms with Crippen molar-refractivity contribution >= 4 is 17.5 Å². The SMILES string of the molecule is COc1ccc(NC(=O)C2(N(Cc3ccccc3C)C(=O)Cc3ccccc3)CCCC2)c(OC)c1. The zero-order valence-corrected chi connectivity index (χ0v) is 21.3. The highest BCUT2D eigenvalue weighted by Crippen LogP contribution is 2.39. The lowest BCUT2D eigenvalue weighted by atomic mass is 9.91. The number of rotatable bonds is 9. The maximum atomic E-state index is 14.0. The molecular formula is C30H34N2O4. The molecule has 0 aromatic heterocycles. The Morgan fingerprint density at radius 2 is 1.61 bits per heavy atom. The molecule has 0 bridgehead atoms. The molecule has 0 radical (unpaired) electrons. The molecule has 1 fully saturated rings. The largest absolute Gasteiger partial charge is 0.497 e. The van der Waals surface area contributed by atoms with Crippen LogP contribution in [0.1, 0.15) is 42.4 Å². The quantitative estimate of drug-likeness (QED) is 0.432. The second kappa shape index (κ2) is 11.3. The van der Waals surface area contributed by atoms with Crippen LogP contribution < -0.4 is 14.8 Å². The minimum atomic E-state index is -0.945. The van der Waals surface area contributed by atoms with Gasteiger partial charge in [0.15, 0.2) is 0 Å². The van der Waals surface area contributed by atoms with Crippen LogP contribution >= 0.6 is 0 Å². The Kier molecular flexibility index (Phi) is 7.93. The van der Waals surface area contributed by atoms with E-state index in [4.69, 9.17) is 9.47 Å². The van der Waals surface area contributed by atoms with Crippen LogP contribution in [0.4, 0.5) is 5.69 Å².